The first-order valence-electron chi connectivity index (χ1n) is 8.72. The van der Waals surface area contributed by atoms with E-state index in [4.69, 9.17) is 9.47 Å². The number of rotatable bonds is 1. The minimum absolute atomic E-state index is 0.0657. The highest BCUT2D eigenvalue weighted by Gasteiger charge is 2.31. The van der Waals surface area contributed by atoms with Crippen LogP contribution in [0.2, 0.25) is 0 Å². The van der Waals surface area contributed by atoms with Crippen LogP contribution in [0, 0.1) is 0 Å². The fourth-order valence-electron chi connectivity index (χ4n) is 3.96. The Morgan fingerprint density at radius 3 is 2.61 bits per heavy atom. The highest BCUT2D eigenvalue weighted by molar-refractivity contribution is 5.75. The van der Waals surface area contributed by atoms with Crippen molar-refractivity contribution in [2.24, 2.45) is 0 Å². The molecule has 23 heavy (non-hydrogen) atoms. The van der Waals surface area contributed by atoms with Crippen LogP contribution in [0.1, 0.15) is 49.8 Å². The predicted molar refractivity (Wildman–Crippen MR) is 87.0 cm³/mol. The Labute approximate surface area is 136 Å². The molecule has 2 amide bonds. The van der Waals surface area contributed by atoms with Gasteiger partial charge in [-0.3, -0.25) is 0 Å². The molecule has 1 saturated carbocycles. The van der Waals surface area contributed by atoms with Gasteiger partial charge in [-0.2, -0.15) is 0 Å². The van der Waals surface area contributed by atoms with Crippen molar-refractivity contribution in [1.82, 2.24) is 10.2 Å². The molecule has 0 radical (unpaired) electrons. The Morgan fingerprint density at radius 1 is 1.17 bits per heavy atom. The molecule has 2 aliphatic heterocycles. The van der Waals surface area contributed by atoms with Gasteiger partial charge in [-0.15, -0.1) is 0 Å². The van der Waals surface area contributed by atoms with Crippen molar-refractivity contribution in [1.29, 1.82) is 0 Å². The Morgan fingerprint density at radius 2 is 1.87 bits per heavy atom. The maximum Gasteiger partial charge on any atom is 0.318 e. The molecule has 1 fully saturated rings. The summed E-state index contributed by atoms with van der Waals surface area (Å²) in [5.41, 5.74) is 2.45. The van der Waals surface area contributed by atoms with Crippen LogP contribution in [0.25, 0.3) is 0 Å². The van der Waals surface area contributed by atoms with Gasteiger partial charge in [-0.1, -0.05) is 12.8 Å². The van der Waals surface area contributed by atoms with Crippen LogP contribution in [-0.4, -0.2) is 36.7 Å². The quantitative estimate of drug-likeness (QED) is 0.866. The van der Waals surface area contributed by atoms with Crippen LogP contribution in [0.15, 0.2) is 12.1 Å². The SMILES string of the molecule is CC1c2cc3c(cc2CCN1C(=O)NC1CCCC1)OCCO3. The lowest BCUT2D eigenvalue weighted by Crippen LogP contribution is -2.47. The summed E-state index contributed by atoms with van der Waals surface area (Å²) < 4.78 is 11.4. The molecule has 5 heteroatoms. The third-order valence-corrected chi connectivity index (χ3v) is 5.29. The standard InChI is InChI=1S/C18H24N2O3/c1-12-15-11-17-16(22-8-9-23-17)10-13(15)6-7-20(12)18(21)19-14-4-2-3-5-14/h10-12,14H,2-9H2,1H3,(H,19,21). The molecule has 3 aliphatic rings. The smallest absolute Gasteiger partial charge is 0.318 e. The fraction of sp³-hybridized carbons (Fsp3) is 0.611. The van der Waals surface area contributed by atoms with Crippen LogP contribution in [0.5, 0.6) is 11.5 Å². The second-order valence-electron chi connectivity index (χ2n) is 6.74. The number of nitrogens with zero attached hydrogens (tertiary/aromatic N) is 1. The van der Waals surface area contributed by atoms with Gasteiger partial charge in [-0.05, 0) is 49.4 Å². The number of amides is 2. The third-order valence-electron chi connectivity index (χ3n) is 5.29. The van der Waals surface area contributed by atoms with E-state index in [0.29, 0.717) is 19.3 Å². The van der Waals surface area contributed by atoms with Crippen LogP contribution in [0.4, 0.5) is 4.79 Å². The van der Waals surface area contributed by atoms with E-state index in [1.807, 2.05) is 4.90 Å². The lowest BCUT2D eigenvalue weighted by molar-refractivity contribution is 0.163. The van der Waals surface area contributed by atoms with Gasteiger partial charge in [0.05, 0.1) is 6.04 Å². The molecule has 1 aliphatic carbocycles. The van der Waals surface area contributed by atoms with E-state index in [1.165, 1.54) is 24.0 Å². The van der Waals surface area contributed by atoms with E-state index in [9.17, 15) is 4.79 Å². The topological polar surface area (TPSA) is 50.8 Å². The monoisotopic (exact) mass is 316 g/mol. The van der Waals surface area contributed by atoms with Crippen molar-refractivity contribution >= 4 is 6.03 Å². The number of carbonyl (C=O) groups is 1. The first kappa shape index (κ1) is 14.7. The van der Waals surface area contributed by atoms with Gasteiger partial charge in [0.15, 0.2) is 11.5 Å². The van der Waals surface area contributed by atoms with E-state index in [-0.39, 0.29) is 12.1 Å². The molecule has 1 aromatic carbocycles. The zero-order valence-corrected chi connectivity index (χ0v) is 13.6. The van der Waals surface area contributed by atoms with Gasteiger partial charge in [-0.25, -0.2) is 4.79 Å². The Kier molecular flexibility index (Phi) is 3.79. The maximum absolute atomic E-state index is 12.6. The summed E-state index contributed by atoms with van der Waals surface area (Å²) in [5, 5.41) is 3.20. The molecule has 0 saturated heterocycles. The molecule has 0 bridgehead atoms. The molecule has 2 heterocycles. The molecule has 1 unspecified atom stereocenters. The maximum atomic E-state index is 12.6. The van der Waals surface area contributed by atoms with E-state index in [2.05, 4.69) is 24.4 Å². The average Bonchev–Trinajstić information content (AvgIpc) is 3.06. The van der Waals surface area contributed by atoms with Crippen LogP contribution >= 0.6 is 0 Å². The predicted octanol–water partition coefficient (Wildman–Crippen LogP) is 3.03. The molecule has 0 spiro atoms. The normalized spacial score (nSPS) is 23.5. The minimum Gasteiger partial charge on any atom is -0.486 e. The second-order valence-corrected chi connectivity index (χ2v) is 6.74. The molecule has 1 atom stereocenters. The van der Waals surface area contributed by atoms with Crippen molar-refractivity contribution in [3.63, 3.8) is 0 Å². The number of hydrogen-bond donors (Lipinski definition) is 1. The second kappa shape index (κ2) is 5.95. The number of urea groups is 1. The largest absolute Gasteiger partial charge is 0.486 e. The van der Waals surface area contributed by atoms with Crippen molar-refractivity contribution in [2.75, 3.05) is 19.8 Å². The zero-order chi connectivity index (χ0) is 15.8. The first-order valence-corrected chi connectivity index (χ1v) is 8.72. The van der Waals surface area contributed by atoms with Gasteiger partial charge in [0.2, 0.25) is 0 Å². The van der Waals surface area contributed by atoms with Crippen molar-refractivity contribution in [3.8, 4) is 11.5 Å². The fourth-order valence-corrected chi connectivity index (χ4v) is 3.96. The number of benzene rings is 1. The molecular formula is C18H24N2O3. The van der Waals surface area contributed by atoms with E-state index in [0.717, 1.165) is 37.3 Å². The molecular weight excluding hydrogens is 292 g/mol. The van der Waals surface area contributed by atoms with Gasteiger partial charge in [0, 0.05) is 12.6 Å². The number of nitrogens with one attached hydrogen (secondary N) is 1. The lowest BCUT2D eigenvalue weighted by Gasteiger charge is -2.36. The number of hydrogen-bond acceptors (Lipinski definition) is 3. The summed E-state index contributed by atoms with van der Waals surface area (Å²) in [6.45, 7) is 4.05. The lowest BCUT2D eigenvalue weighted by atomic mass is 9.93. The van der Waals surface area contributed by atoms with Crippen molar-refractivity contribution in [3.05, 3.63) is 23.3 Å². The van der Waals surface area contributed by atoms with Crippen molar-refractivity contribution in [2.45, 2.75) is 51.1 Å². The summed E-state index contributed by atoms with van der Waals surface area (Å²) in [6, 6.07) is 4.65. The Balaban J connectivity index is 1.53. The Hall–Kier alpha value is -1.91. The molecule has 124 valence electrons. The van der Waals surface area contributed by atoms with Crippen LogP contribution < -0.4 is 14.8 Å². The van der Waals surface area contributed by atoms with Crippen molar-refractivity contribution < 1.29 is 14.3 Å². The summed E-state index contributed by atoms with van der Waals surface area (Å²) in [4.78, 5) is 14.6. The summed E-state index contributed by atoms with van der Waals surface area (Å²) in [5.74, 6) is 1.64. The molecule has 0 aromatic heterocycles. The molecule has 5 nitrogen and oxygen atoms in total. The molecule has 1 N–H and O–H groups in total. The Bertz CT molecular complexity index is 611. The van der Waals surface area contributed by atoms with Gasteiger partial charge in [0.1, 0.15) is 13.2 Å². The van der Waals surface area contributed by atoms with Gasteiger partial charge in [0.25, 0.3) is 0 Å². The zero-order valence-electron chi connectivity index (χ0n) is 13.6. The summed E-state index contributed by atoms with van der Waals surface area (Å²) in [6.07, 6.45) is 5.56. The number of ether oxygens (including phenoxy) is 2. The highest BCUT2D eigenvalue weighted by Crippen LogP contribution is 2.39. The number of fused-ring (bicyclic) bond motifs is 2. The van der Waals surface area contributed by atoms with Crippen LogP contribution in [0.3, 0.4) is 0 Å². The van der Waals surface area contributed by atoms with E-state index < -0.39 is 0 Å². The van der Waals surface area contributed by atoms with Gasteiger partial charge < -0.3 is 19.7 Å². The summed E-state index contributed by atoms with van der Waals surface area (Å²) >= 11 is 0. The highest BCUT2D eigenvalue weighted by atomic mass is 16.6. The first-order chi connectivity index (χ1) is 11.2. The van der Waals surface area contributed by atoms with Gasteiger partial charge >= 0.3 is 6.03 Å². The minimum atomic E-state index is 0.0657. The van der Waals surface area contributed by atoms with Crippen LogP contribution in [-0.2, 0) is 6.42 Å². The van der Waals surface area contributed by atoms with E-state index >= 15 is 0 Å². The third kappa shape index (κ3) is 2.73. The van der Waals surface area contributed by atoms with E-state index in [1.54, 1.807) is 0 Å². The average molecular weight is 316 g/mol. The molecule has 4 rings (SSSR count). The molecule has 1 aromatic rings. The number of carbonyl (C=O) groups excluding carboxylic acids is 1. The summed E-state index contributed by atoms with van der Waals surface area (Å²) in [7, 11) is 0.